The van der Waals surface area contributed by atoms with Gasteiger partial charge in [0, 0.05) is 44.9 Å². The lowest BCUT2D eigenvalue weighted by molar-refractivity contribution is -0.136. The van der Waals surface area contributed by atoms with E-state index in [0.29, 0.717) is 62.7 Å². The molecule has 2 fully saturated rings. The number of likely N-dealkylation sites (tertiary alicyclic amines) is 1. The van der Waals surface area contributed by atoms with E-state index in [-0.39, 0.29) is 18.5 Å². The Morgan fingerprint density at radius 3 is 2.03 bits per heavy atom. The van der Waals surface area contributed by atoms with Crippen molar-refractivity contribution >= 4 is 11.9 Å². The van der Waals surface area contributed by atoms with Gasteiger partial charge in [0.05, 0.1) is 41.6 Å². The molecule has 38 heavy (non-hydrogen) atoms. The van der Waals surface area contributed by atoms with Gasteiger partial charge in [0.25, 0.3) is 5.91 Å². The summed E-state index contributed by atoms with van der Waals surface area (Å²) in [5.74, 6) is 2.52. The first-order valence-corrected chi connectivity index (χ1v) is 12.7. The molecular formula is C28H37N3O7. The molecule has 2 saturated heterocycles. The van der Waals surface area contributed by atoms with Crippen LogP contribution >= 0.6 is 0 Å². The largest absolute Gasteiger partial charge is 0.497 e. The Bertz CT molecular complexity index is 1130. The Hall–Kier alpha value is -3.50. The van der Waals surface area contributed by atoms with E-state index in [2.05, 4.69) is 4.90 Å². The molecule has 2 aliphatic rings. The zero-order valence-electron chi connectivity index (χ0n) is 22.8. The summed E-state index contributed by atoms with van der Waals surface area (Å²) in [6.45, 7) is 2.83. The molecule has 0 aliphatic carbocycles. The van der Waals surface area contributed by atoms with Crippen LogP contribution in [-0.4, -0.2) is 94.0 Å². The first kappa shape index (κ1) is 27.5. The standard InChI is InChI=1S/C28H37N3O7/c1-34-13-12-31-27(33)30(19-21-16-22(35-2)6-7-25(21)38-5)26(32)28(31)8-10-29(11-9-28)18-20-14-23(36-3)17-24(15-20)37-4/h6-7,14-17H,8-13,18-19H2,1-5H3. The van der Waals surface area contributed by atoms with Gasteiger partial charge in [0.1, 0.15) is 28.5 Å². The van der Waals surface area contributed by atoms with Crippen LogP contribution in [0.3, 0.4) is 0 Å². The number of carbonyl (C=O) groups excluding carboxylic acids is 2. The number of nitrogens with zero attached hydrogens (tertiary/aromatic N) is 3. The number of rotatable bonds is 11. The summed E-state index contributed by atoms with van der Waals surface area (Å²) in [6, 6.07) is 10.9. The van der Waals surface area contributed by atoms with Crippen molar-refractivity contribution in [1.29, 1.82) is 0 Å². The topological polar surface area (TPSA) is 90.0 Å². The molecule has 0 saturated carbocycles. The maximum atomic E-state index is 14.0. The van der Waals surface area contributed by atoms with Crippen LogP contribution in [0.25, 0.3) is 0 Å². The van der Waals surface area contributed by atoms with Crippen LogP contribution in [-0.2, 0) is 22.6 Å². The van der Waals surface area contributed by atoms with E-state index in [4.69, 9.17) is 23.7 Å². The number of ether oxygens (including phenoxy) is 5. The summed E-state index contributed by atoms with van der Waals surface area (Å²) < 4.78 is 27.0. The molecule has 0 atom stereocenters. The Morgan fingerprint density at radius 2 is 1.45 bits per heavy atom. The maximum absolute atomic E-state index is 14.0. The molecule has 0 radical (unpaired) electrons. The van der Waals surface area contributed by atoms with Crippen molar-refractivity contribution < 1.29 is 33.3 Å². The number of hydrogen-bond donors (Lipinski definition) is 0. The number of benzene rings is 2. The van der Waals surface area contributed by atoms with E-state index in [1.165, 1.54) is 4.90 Å². The monoisotopic (exact) mass is 527 g/mol. The average molecular weight is 528 g/mol. The highest BCUT2D eigenvalue weighted by Crippen LogP contribution is 2.39. The van der Waals surface area contributed by atoms with Crippen molar-refractivity contribution in [2.75, 3.05) is 61.8 Å². The highest BCUT2D eigenvalue weighted by atomic mass is 16.5. The third-order valence-corrected chi connectivity index (χ3v) is 7.46. The highest BCUT2D eigenvalue weighted by Gasteiger charge is 2.57. The fourth-order valence-corrected chi connectivity index (χ4v) is 5.37. The van der Waals surface area contributed by atoms with Crippen LogP contribution in [0.5, 0.6) is 23.0 Å². The average Bonchev–Trinajstić information content (AvgIpc) is 3.13. The van der Waals surface area contributed by atoms with Crippen LogP contribution in [0, 0.1) is 0 Å². The van der Waals surface area contributed by atoms with Gasteiger partial charge in [0.15, 0.2) is 0 Å². The number of hydrogen-bond acceptors (Lipinski definition) is 8. The first-order chi connectivity index (χ1) is 18.4. The van der Waals surface area contributed by atoms with Gasteiger partial charge in [-0.25, -0.2) is 4.79 Å². The van der Waals surface area contributed by atoms with E-state index in [1.54, 1.807) is 58.6 Å². The summed E-state index contributed by atoms with van der Waals surface area (Å²) in [4.78, 5) is 32.9. The summed E-state index contributed by atoms with van der Waals surface area (Å²) in [6.07, 6.45) is 1.07. The number of methoxy groups -OCH3 is 5. The van der Waals surface area contributed by atoms with Gasteiger partial charge in [-0.2, -0.15) is 0 Å². The van der Waals surface area contributed by atoms with E-state index in [1.807, 2.05) is 18.2 Å². The van der Waals surface area contributed by atoms with E-state index in [0.717, 1.165) is 17.1 Å². The van der Waals surface area contributed by atoms with E-state index < -0.39 is 5.54 Å². The van der Waals surface area contributed by atoms with Crippen molar-refractivity contribution in [3.63, 3.8) is 0 Å². The van der Waals surface area contributed by atoms with Gasteiger partial charge < -0.3 is 28.6 Å². The van der Waals surface area contributed by atoms with Gasteiger partial charge in [0.2, 0.25) is 0 Å². The lowest BCUT2D eigenvalue weighted by atomic mass is 9.85. The minimum atomic E-state index is -0.899. The van der Waals surface area contributed by atoms with Crippen LogP contribution in [0.2, 0.25) is 0 Å². The lowest BCUT2D eigenvalue weighted by Crippen LogP contribution is -2.57. The van der Waals surface area contributed by atoms with Crippen molar-refractivity contribution in [2.24, 2.45) is 0 Å². The zero-order valence-corrected chi connectivity index (χ0v) is 22.8. The molecule has 2 aromatic carbocycles. The normalized spacial score (nSPS) is 17.3. The summed E-state index contributed by atoms with van der Waals surface area (Å²) in [5.41, 5.74) is 0.875. The Kier molecular flexibility index (Phi) is 8.63. The number of urea groups is 1. The number of amides is 3. The third-order valence-electron chi connectivity index (χ3n) is 7.46. The molecule has 2 heterocycles. The fraction of sp³-hybridized carbons (Fsp3) is 0.500. The quantitative estimate of drug-likeness (QED) is 0.412. The minimum Gasteiger partial charge on any atom is -0.497 e. The van der Waals surface area contributed by atoms with Gasteiger partial charge in [-0.3, -0.25) is 14.6 Å². The molecule has 2 aromatic rings. The second-order valence-electron chi connectivity index (χ2n) is 9.52. The van der Waals surface area contributed by atoms with E-state index >= 15 is 0 Å². The SMILES string of the molecule is COCCN1C(=O)N(Cc2cc(OC)ccc2OC)C(=O)C12CCN(Cc1cc(OC)cc(OC)c1)CC2. The highest BCUT2D eigenvalue weighted by molar-refractivity contribution is 6.07. The van der Waals surface area contributed by atoms with Gasteiger partial charge in [-0.05, 0) is 48.7 Å². The molecule has 2 aliphatic heterocycles. The van der Waals surface area contributed by atoms with E-state index in [9.17, 15) is 9.59 Å². The maximum Gasteiger partial charge on any atom is 0.328 e. The molecule has 10 nitrogen and oxygen atoms in total. The number of piperidine rings is 1. The Balaban J connectivity index is 1.54. The molecule has 0 N–H and O–H groups in total. The molecule has 0 bridgehead atoms. The molecule has 10 heteroatoms. The summed E-state index contributed by atoms with van der Waals surface area (Å²) in [7, 11) is 8.01. The van der Waals surface area contributed by atoms with Crippen LogP contribution in [0.4, 0.5) is 4.79 Å². The second kappa shape index (κ2) is 11.9. The molecule has 4 rings (SSSR count). The molecular weight excluding hydrogens is 490 g/mol. The van der Waals surface area contributed by atoms with Crippen LogP contribution in [0.15, 0.2) is 36.4 Å². The Labute approximate surface area is 223 Å². The minimum absolute atomic E-state index is 0.108. The van der Waals surface area contributed by atoms with Crippen molar-refractivity contribution in [2.45, 2.75) is 31.5 Å². The predicted molar refractivity (Wildman–Crippen MR) is 141 cm³/mol. The van der Waals surface area contributed by atoms with Crippen molar-refractivity contribution in [1.82, 2.24) is 14.7 Å². The molecule has 0 aromatic heterocycles. The number of imide groups is 1. The predicted octanol–water partition coefficient (Wildman–Crippen LogP) is 3.17. The second-order valence-corrected chi connectivity index (χ2v) is 9.52. The van der Waals surface area contributed by atoms with Crippen molar-refractivity contribution in [3.05, 3.63) is 47.5 Å². The van der Waals surface area contributed by atoms with Crippen molar-refractivity contribution in [3.8, 4) is 23.0 Å². The summed E-state index contributed by atoms with van der Waals surface area (Å²) in [5, 5.41) is 0. The molecule has 206 valence electrons. The third kappa shape index (κ3) is 5.37. The zero-order chi connectivity index (χ0) is 27.3. The number of carbonyl (C=O) groups is 2. The lowest BCUT2D eigenvalue weighted by Gasteiger charge is -2.42. The van der Waals surface area contributed by atoms with Gasteiger partial charge in [-0.15, -0.1) is 0 Å². The summed E-state index contributed by atoms with van der Waals surface area (Å²) >= 11 is 0. The van der Waals surface area contributed by atoms with Crippen LogP contribution in [0.1, 0.15) is 24.0 Å². The first-order valence-electron chi connectivity index (χ1n) is 12.7. The fourth-order valence-electron chi connectivity index (χ4n) is 5.37. The smallest absolute Gasteiger partial charge is 0.328 e. The molecule has 1 spiro atoms. The molecule has 0 unspecified atom stereocenters. The Morgan fingerprint density at radius 1 is 0.789 bits per heavy atom. The van der Waals surface area contributed by atoms with Gasteiger partial charge >= 0.3 is 6.03 Å². The molecule has 3 amide bonds. The van der Waals surface area contributed by atoms with Gasteiger partial charge in [-0.1, -0.05) is 0 Å². The van der Waals surface area contributed by atoms with Crippen LogP contribution < -0.4 is 18.9 Å².